The summed E-state index contributed by atoms with van der Waals surface area (Å²) in [6, 6.07) is 8.40. The number of amides is 3. The maximum absolute atomic E-state index is 13.7. The number of rotatable bonds is 4. The number of hydrogen-bond donors (Lipinski definition) is 2. The number of nitrogens with one attached hydrogen (secondary N) is 1. The Morgan fingerprint density at radius 3 is 2.51 bits per heavy atom. The van der Waals surface area contributed by atoms with Gasteiger partial charge in [0.05, 0.1) is 47.4 Å². The largest absolute Gasteiger partial charge is 0.378 e. The van der Waals surface area contributed by atoms with Crippen molar-refractivity contribution in [1.29, 1.82) is 0 Å². The highest BCUT2D eigenvalue weighted by Crippen LogP contribution is 2.34. The Labute approximate surface area is 228 Å². The Morgan fingerprint density at radius 2 is 1.85 bits per heavy atom. The Bertz CT molecular complexity index is 1640. The van der Waals surface area contributed by atoms with Crippen molar-refractivity contribution in [2.75, 3.05) is 41.4 Å². The first-order chi connectivity index (χ1) is 18.6. The van der Waals surface area contributed by atoms with Crippen LogP contribution >= 0.6 is 11.6 Å². The Balaban J connectivity index is 1.37. The average molecular weight is 572 g/mol. The van der Waals surface area contributed by atoms with Gasteiger partial charge in [0.25, 0.3) is 5.91 Å². The Morgan fingerprint density at radius 1 is 1.10 bits per heavy atom. The molecule has 3 N–H and O–H groups in total. The van der Waals surface area contributed by atoms with Crippen molar-refractivity contribution in [1.82, 2.24) is 14.7 Å². The van der Waals surface area contributed by atoms with Gasteiger partial charge in [0, 0.05) is 36.6 Å². The first kappa shape index (κ1) is 26.5. The molecule has 2 aliphatic rings. The van der Waals surface area contributed by atoms with E-state index in [4.69, 9.17) is 23.9 Å². The topological polar surface area (TPSA) is 135 Å². The van der Waals surface area contributed by atoms with Gasteiger partial charge in [-0.25, -0.2) is 22.4 Å². The highest BCUT2D eigenvalue weighted by Gasteiger charge is 2.30. The van der Waals surface area contributed by atoms with Gasteiger partial charge in [-0.1, -0.05) is 17.7 Å². The van der Waals surface area contributed by atoms with Crippen LogP contribution in [0.1, 0.15) is 16.1 Å². The minimum absolute atomic E-state index is 0.00318. The summed E-state index contributed by atoms with van der Waals surface area (Å²) in [5.74, 6) is -1.35. The summed E-state index contributed by atoms with van der Waals surface area (Å²) >= 11 is 5.92. The molecule has 0 unspecified atom stereocenters. The van der Waals surface area contributed by atoms with Crippen LogP contribution in [0.5, 0.6) is 0 Å². The number of sulfone groups is 1. The molecule has 202 valence electrons. The van der Waals surface area contributed by atoms with E-state index in [1.54, 1.807) is 22.9 Å². The van der Waals surface area contributed by atoms with Crippen molar-refractivity contribution in [2.45, 2.75) is 13.1 Å². The average Bonchev–Trinajstić information content (AvgIpc) is 3.29. The fourth-order valence-electron chi connectivity index (χ4n) is 4.70. The summed E-state index contributed by atoms with van der Waals surface area (Å²) in [6.07, 6.45) is 0. The third kappa shape index (κ3) is 5.25. The van der Waals surface area contributed by atoms with Crippen molar-refractivity contribution < 1.29 is 22.4 Å². The van der Waals surface area contributed by atoms with E-state index in [2.05, 4.69) is 15.3 Å². The van der Waals surface area contributed by atoms with Gasteiger partial charge in [0.1, 0.15) is 11.5 Å². The van der Waals surface area contributed by atoms with Crippen LogP contribution in [0.15, 0.2) is 36.4 Å². The lowest BCUT2D eigenvalue weighted by Crippen LogP contribution is -2.41. The first-order valence-corrected chi connectivity index (χ1v) is 14.1. The molecule has 14 heteroatoms. The number of fused-ring (bicyclic) bond motifs is 1. The van der Waals surface area contributed by atoms with E-state index < -0.39 is 27.6 Å². The molecule has 0 bridgehead atoms. The molecule has 0 saturated carbocycles. The van der Waals surface area contributed by atoms with Gasteiger partial charge in [-0.3, -0.25) is 9.48 Å². The molecule has 0 atom stereocenters. The fraction of sp³-hybridized carbons (Fsp3) is 0.280. The number of halogens is 2. The van der Waals surface area contributed by atoms with E-state index in [0.29, 0.717) is 41.4 Å². The smallest absolute Gasteiger partial charge is 0.322 e. The van der Waals surface area contributed by atoms with Crippen LogP contribution < -0.4 is 16.0 Å². The molecule has 1 fully saturated rings. The predicted molar refractivity (Wildman–Crippen MR) is 144 cm³/mol. The lowest BCUT2D eigenvalue weighted by molar-refractivity contribution is 0.0997. The van der Waals surface area contributed by atoms with Crippen LogP contribution in [0.4, 0.5) is 26.2 Å². The normalized spacial score (nSPS) is 16.3. The number of benzene rings is 2. The van der Waals surface area contributed by atoms with Gasteiger partial charge >= 0.3 is 6.03 Å². The van der Waals surface area contributed by atoms with Crippen LogP contribution in [-0.4, -0.2) is 66.2 Å². The van der Waals surface area contributed by atoms with E-state index in [9.17, 15) is 22.4 Å². The van der Waals surface area contributed by atoms with Crippen LogP contribution in [0.2, 0.25) is 5.02 Å². The first-order valence-electron chi connectivity index (χ1n) is 11.9. The number of primary amides is 1. The standard InChI is InChI=1S/C25H23ClFN7O4S/c1-29-19-5-3-16(13-20(19)32-8-10-39(37,38)11-9-32)30-25(36)33-6-7-34-21(14-33)22(24(28)35)23(31-34)15-2-4-18(27)17(26)12-15/h2-5,12-13H,6-11,14H2,(H2,28,35)(H,30,36). The van der Waals surface area contributed by atoms with Crippen molar-refractivity contribution in [3.8, 4) is 11.3 Å². The SMILES string of the molecule is [C-]#[N+]c1ccc(NC(=O)N2CCn3nc(-c4ccc(F)c(Cl)c4)c(C(N)=O)c3C2)cc1N1CCS(=O)(=O)CC1. The summed E-state index contributed by atoms with van der Waals surface area (Å²) < 4.78 is 38.9. The molecular formula is C25H23ClFN7O4S. The molecule has 3 heterocycles. The number of hydrogen-bond acceptors (Lipinski definition) is 6. The zero-order chi connectivity index (χ0) is 27.9. The highest BCUT2D eigenvalue weighted by atomic mass is 35.5. The minimum atomic E-state index is -3.10. The summed E-state index contributed by atoms with van der Waals surface area (Å²) in [7, 11) is -3.10. The summed E-state index contributed by atoms with van der Waals surface area (Å²) in [5, 5.41) is 7.19. The number of nitrogens with two attached hydrogens (primary N) is 1. The van der Waals surface area contributed by atoms with Gasteiger partial charge in [0.15, 0.2) is 9.84 Å². The van der Waals surface area contributed by atoms with Crippen LogP contribution in [0, 0.1) is 12.4 Å². The van der Waals surface area contributed by atoms with Crippen molar-refractivity contribution in [2.24, 2.45) is 5.73 Å². The second kappa shape index (κ2) is 10.2. The lowest BCUT2D eigenvalue weighted by atomic mass is 10.0. The molecule has 3 amide bonds. The molecule has 39 heavy (non-hydrogen) atoms. The monoisotopic (exact) mass is 571 g/mol. The third-order valence-electron chi connectivity index (χ3n) is 6.74. The molecular weight excluding hydrogens is 549 g/mol. The zero-order valence-corrected chi connectivity index (χ0v) is 22.1. The van der Waals surface area contributed by atoms with Crippen molar-refractivity contribution in [3.63, 3.8) is 0 Å². The van der Waals surface area contributed by atoms with Crippen LogP contribution in [-0.2, 0) is 22.9 Å². The Kier molecular flexibility index (Phi) is 6.92. The van der Waals surface area contributed by atoms with Gasteiger partial charge in [-0.15, -0.1) is 0 Å². The number of carbonyl (C=O) groups excluding carboxylic acids is 2. The van der Waals surface area contributed by atoms with E-state index >= 15 is 0 Å². The second-order valence-electron chi connectivity index (χ2n) is 9.19. The number of nitrogens with zero attached hydrogens (tertiary/aromatic N) is 5. The zero-order valence-electron chi connectivity index (χ0n) is 20.5. The Hall–Kier alpha value is -4.15. The maximum atomic E-state index is 13.7. The van der Waals surface area contributed by atoms with E-state index in [1.807, 2.05) is 4.90 Å². The molecule has 0 radical (unpaired) electrons. The molecule has 3 aromatic rings. The van der Waals surface area contributed by atoms with Crippen LogP contribution in [0.25, 0.3) is 16.1 Å². The van der Waals surface area contributed by atoms with E-state index in [1.165, 1.54) is 23.1 Å². The van der Waals surface area contributed by atoms with Crippen molar-refractivity contribution in [3.05, 3.63) is 69.9 Å². The van der Waals surface area contributed by atoms with Crippen LogP contribution in [0.3, 0.4) is 0 Å². The number of urea groups is 1. The second-order valence-corrected chi connectivity index (χ2v) is 11.9. The minimum Gasteiger partial charge on any atom is -0.378 e. The molecule has 2 aliphatic heterocycles. The molecule has 0 spiro atoms. The quantitative estimate of drug-likeness (QED) is 0.462. The van der Waals surface area contributed by atoms with Gasteiger partial charge in [-0.05, 0) is 30.3 Å². The predicted octanol–water partition coefficient (Wildman–Crippen LogP) is 3.27. The summed E-state index contributed by atoms with van der Waals surface area (Å²) in [6.45, 7) is 8.63. The maximum Gasteiger partial charge on any atom is 0.322 e. The highest BCUT2D eigenvalue weighted by molar-refractivity contribution is 7.91. The summed E-state index contributed by atoms with van der Waals surface area (Å²) in [4.78, 5) is 32.5. The van der Waals surface area contributed by atoms with Gasteiger partial charge < -0.3 is 20.9 Å². The third-order valence-corrected chi connectivity index (χ3v) is 8.64. The molecule has 1 aromatic heterocycles. The number of anilines is 2. The summed E-state index contributed by atoms with van der Waals surface area (Å²) in [5.41, 5.74) is 8.26. The van der Waals surface area contributed by atoms with Gasteiger partial charge in [-0.2, -0.15) is 5.10 Å². The molecule has 1 saturated heterocycles. The molecule has 5 rings (SSSR count). The molecule has 0 aliphatic carbocycles. The van der Waals surface area contributed by atoms with E-state index in [0.717, 1.165) is 0 Å². The molecule has 11 nitrogen and oxygen atoms in total. The van der Waals surface area contributed by atoms with E-state index in [-0.39, 0.29) is 47.4 Å². The molecule has 2 aromatic carbocycles. The lowest BCUT2D eigenvalue weighted by Gasteiger charge is -2.31. The number of aromatic nitrogens is 2. The fourth-order valence-corrected chi connectivity index (χ4v) is 6.08. The van der Waals surface area contributed by atoms with Gasteiger partial charge in [0.2, 0.25) is 5.69 Å². The number of carbonyl (C=O) groups is 2. The van der Waals surface area contributed by atoms with Crippen molar-refractivity contribution >= 4 is 50.4 Å².